The van der Waals surface area contributed by atoms with E-state index in [-0.39, 0.29) is 11.8 Å². The Kier molecular flexibility index (Phi) is 12.6. The van der Waals surface area contributed by atoms with Gasteiger partial charge in [-0.05, 0) is 38.5 Å². The van der Waals surface area contributed by atoms with Crippen LogP contribution in [-0.2, 0) is 9.59 Å². The maximum atomic E-state index is 12.3. The highest BCUT2D eigenvalue weighted by Crippen LogP contribution is 2.12. The number of hydrogen-bond donors (Lipinski definition) is 1. The van der Waals surface area contributed by atoms with E-state index < -0.39 is 0 Å². The van der Waals surface area contributed by atoms with E-state index in [1.807, 2.05) is 4.90 Å². The largest absolute Gasteiger partial charge is 0.356 e. The summed E-state index contributed by atoms with van der Waals surface area (Å²) in [4.78, 5) is 26.3. The molecule has 1 N–H and O–H groups in total. The zero-order valence-electron chi connectivity index (χ0n) is 16.9. The van der Waals surface area contributed by atoms with Crippen molar-refractivity contribution in [2.45, 2.75) is 84.5 Å². The van der Waals surface area contributed by atoms with Gasteiger partial charge in [-0.2, -0.15) is 0 Å². The minimum atomic E-state index is 0.0947. The van der Waals surface area contributed by atoms with Crippen LogP contribution in [0.25, 0.3) is 0 Å². The van der Waals surface area contributed by atoms with E-state index in [0.29, 0.717) is 25.9 Å². The van der Waals surface area contributed by atoms with E-state index in [0.717, 1.165) is 51.5 Å². The van der Waals surface area contributed by atoms with Gasteiger partial charge >= 0.3 is 0 Å². The van der Waals surface area contributed by atoms with Crippen molar-refractivity contribution in [2.75, 3.05) is 19.6 Å². The van der Waals surface area contributed by atoms with E-state index >= 15 is 0 Å². The molecule has 0 saturated heterocycles. The Hall–Kier alpha value is -1.58. The lowest BCUT2D eigenvalue weighted by atomic mass is 10.0. The lowest BCUT2D eigenvalue weighted by Gasteiger charge is -2.22. The molecule has 0 unspecified atom stereocenters. The Morgan fingerprint density at radius 3 is 2.54 bits per heavy atom. The maximum Gasteiger partial charge on any atom is 0.222 e. The molecule has 4 heteroatoms. The molecule has 4 nitrogen and oxygen atoms in total. The summed E-state index contributed by atoms with van der Waals surface area (Å²) in [5.74, 6) is 0.344. The standard InChI is InChI=1S/C22H38N2O2/c1-3-5-6-10-15-22(26)24(18-4-2)19-11-14-21(25)23-17-16-20-12-8-7-9-13-20/h8,12-13H,3-7,9-11,14-19H2,1-2H3,(H,23,25). The number of nitrogens with one attached hydrogen (secondary N) is 1. The molecule has 0 aromatic rings. The molecule has 0 fully saturated rings. The second kappa shape index (κ2) is 14.6. The molecule has 0 bridgehead atoms. The molecular formula is C22H38N2O2. The summed E-state index contributed by atoms with van der Waals surface area (Å²) in [5.41, 5.74) is 1.32. The zero-order valence-corrected chi connectivity index (χ0v) is 16.9. The predicted octanol–water partition coefficient (Wildman–Crippen LogP) is 4.76. The average molecular weight is 363 g/mol. The molecule has 1 aliphatic rings. The molecule has 0 aromatic carbocycles. The van der Waals surface area contributed by atoms with Gasteiger partial charge in [-0.3, -0.25) is 9.59 Å². The fraction of sp³-hybridized carbons (Fsp3) is 0.727. The number of hydrogen-bond acceptors (Lipinski definition) is 2. The Labute approximate surface area is 160 Å². The second-order valence-electron chi connectivity index (χ2n) is 7.15. The van der Waals surface area contributed by atoms with Gasteiger partial charge in [-0.15, -0.1) is 0 Å². The molecule has 148 valence electrons. The summed E-state index contributed by atoms with van der Waals surface area (Å²) in [6.45, 7) is 6.47. The zero-order chi connectivity index (χ0) is 19.0. The molecule has 1 aliphatic carbocycles. The fourth-order valence-corrected chi connectivity index (χ4v) is 3.21. The van der Waals surface area contributed by atoms with Crippen LogP contribution in [0.1, 0.15) is 84.5 Å². The van der Waals surface area contributed by atoms with Crippen LogP contribution in [-0.4, -0.2) is 36.3 Å². The summed E-state index contributed by atoms with van der Waals surface area (Å²) in [6, 6.07) is 0. The van der Waals surface area contributed by atoms with Crippen molar-refractivity contribution in [1.82, 2.24) is 10.2 Å². The first-order chi connectivity index (χ1) is 12.7. The van der Waals surface area contributed by atoms with Crippen LogP contribution >= 0.6 is 0 Å². The van der Waals surface area contributed by atoms with Crippen molar-refractivity contribution in [3.05, 3.63) is 23.8 Å². The van der Waals surface area contributed by atoms with Crippen LogP contribution < -0.4 is 5.32 Å². The SMILES string of the molecule is CCCCCCC(=O)N(CCC)CCCC(=O)NCCC1=CCCC=C1. The van der Waals surface area contributed by atoms with E-state index in [4.69, 9.17) is 0 Å². The van der Waals surface area contributed by atoms with Crippen molar-refractivity contribution >= 4 is 11.8 Å². The number of amides is 2. The number of rotatable bonds is 14. The first kappa shape index (κ1) is 22.5. The molecule has 2 amide bonds. The number of carbonyl (C=O) groups excluding carboxylic acids is 2. The average Bonchev–Trinajstić information content (AvgIpc) is 2.65. The Balaban J connectivity index is 2.17. The molecule has 1 rings (SSSR count). The third-order valence-electron chi connectivity index (χ3n) is 4.73. The summed E-state index contributed by atoms with van der Waals surface area (Å²) in [5, 5.41) is 3.00. The number of unbranched alkanes of at least 4 members (excludes halogenated alkanes) is 3. The molecule has 0 heterocycles. The van der Waals surface area contributed by atoms with Gasteiger partial charge in [-0.25, -0.2) is 0 Å². The van der Waals surface area contributed by atoms with Crippen LogP contribution in [0.3, 0.4) is 0 Å². The van der Waals surface area contributed by atoms with Gasteiger partial charge in [0.1, 0.15) is 0 Å². The van der Waals surface area contributed by atoms with Crippen molar-refractivity contribution in [2.24, 2.45) is 0 Å². The fourth-order valence-electron chi connectivity index (χ4n) is 3.21. The van der Waals surface area contributed by atoms with Gasteiger partial charge in [-0.1, -0.05) is 56.9 Å². The first-order valence-electron chi connectivity index (χ1n) is 10.6. The van der Waals surface area contributed by atoms with Crippen molar-refractivity contribution in [3.63, 3.8) is 0 Å². The molecule has 26 heavy (non-hydrogen) atoms. The third kappa shape index (κ3) is 10.4. The van der Waals surface area contributed by atoms with Gasteiger partial charge in [0.05, 0.1) is 0 Å². The minimum Gasteiger partial charge on any atom is -0.356 e. The number of carbonyl (C=O) groups is 2. The minimum absolute atomic E-state index is 0.0947. The summed E-state index contributed by atoms with van der Waals surface area (Å²) in [7, 11) is 0. The van der Waals surface area contributed by atoms with Crippen molar-refractivity contribution in [1.29, 1.82) is 0 Å². The number of allylic oxidation sites excluding steroid dienone is 3. The molecule has 0 radical (unpaired) electrons. The van der Waals surface area contributed by atoms with E-state index in [9.17, 15) is 9.59 Å². The quantitative estimate of drug-likeness (QED) is 0.453. The Bertz CT molecular complexity index is 469. The van der Waals surface area contributed by atoms with Crippen LogP contribution in [0.4, 0.5) is 0 Å². The molecule has 0 aliphatic heterocycles. The van der Waals surface area contributed by atoms with E-state index in [2.05, 4.69) is 37.4 Å². The first-order valence-corrected chi connectivity index (χ1v) is 10.6. The smallest absolute Gasteiger partial charge is 0.222 e. The monoisotopic (exact) mass is 362 g/mol. The van der Waals surface area contributed by atoms with Crippen molar-refractivity contribution < 1.29 is 9.59 Å². The van der Waals surface area contributed by atoms with Crippen LogP contribution in [0, 0.1) is 0 Å². The van der Waals surface area contributed by atoms with Gasteiger partial charge in [0, 0.05) is 32.5 Å². The summed E-state index contributed by atoms with van der Waals surface area (Å²) < 4.78 is 0. The van der Waals surface area contributed by atoms with Crippen molar-refractivity contribution in [3.8, 4) is 0 Å². The molecule has 0 spiro atoms. The van der Waals surface area contributed by atoms with Gasteiger partial charge in [0.15, 0.2) is 0 Å². The van der Waals surface area contributed by atoms with Crippen LogP contribution in [0.2, 0.25) is 0 Å². The van der Waals surface area contributed by atoms with Gasteiger partial charge in [0.25, 0.3) is 0 Å². The normalized spacial score (nSPS) is 13.4. The van der Waals surface area contributed by atoms with E-state index in [1.54, 1.807) is 0 Å². The topological polar surface area (TPSA) is 49.4 Å². The molecule has 0 saturated carbocycles. The van der Waals surface area contributed by atoms with Gasteiger partial charge in [0.2, 0.25) is 11.8 Å². The lowest BCUT2D eigenvalue weighted by molar-refractivity contribution is -0.132. The van der Waals surface area contributed by atoms with Crippen LogP contribution in [0.15, 0.2) is 23.8 Å². The summed E-state index contributed by atoms with van der Waals surface area (Å²) >= 11 is 0. The van der Waals surface area contributed by atoms with Crippen LogP contribution in [0.5, 0.6) is 0 Å². The lowest BCUT2D eigenvalue weighted by Crippen LogP contribution is -2.33. The predicted molar refractivity (Wildman–Crippen MR) is 109 cm³/mol. The highest BCUT2D eigenvalue weighted by Gasteiger charge is 2.12. The maximum absolute atomic E-state index is 12.3. The number of nitrogens with zero attached hydrogens (tertiary/aromatic N) is 1. The highest BCUT2D eigenvalue weighted by molar-refractivity contribution is 5.77. The van der Waals surface area contributed by atoms with Gasteiger partial charge < -0.3 is 10.2 Å². The molecular weight excluding hydrogens is 324 g/mol. The molecule has 0 aromatic heterocycles. The van der Waals surface area contributed by atoms with E-state index in [1.165, 1.54) is 18.4 Å². The summed E-state index contributed by atoms with van der Waals surface area (Å²) in [6.07, 6.45) is 17.1. The Morgan fingerprint density at radius 2 is 1.85 bits per heavy atom. The second-order valence-corrected chi connectivity index (χ2v) is 7.15. The third-order valence-corrected chi connectivity index (χ3v) is 4.73. The molecule has 0 atom stereocenters. The Morgan fingerprint density at radius 1 is 1.00 bits per heavy atom. The highest BCUT2D eigenvalue weighted by atomic mass is 16.2.